The molecule has 12 nitrogen and oxygen atoms in total. The summed E-state index contributed by atoms with van der Waals surface area (Å²) in [5.74, 6) is 0.746. The van der Waals surface area contributed by atoms with Crippen LogP contribution in [0.2, 0.25) is 0 Å². The van der Waals surface area contributed by atoms with Gasteiger partial charge in [-0.2, -0.15) is 18.3 Å². The number of aromatic nitrogens is 3. The van der Waals surface area contributed by atoms with E-state index in [0.717, 1.165) is 96.8 Å². The first kappa shape index (κ1) is 39.1. The average molecular weight is 824 g/mol. The fraction of sp³-hybridized carbons (Fsp3) is 0.533. The topological polar surface area (TPSA) is 121 Å². The highest BCUT2D eigenvalue weighted by atomic mass is 19.4. The number of carbonyl (C=O) groups excluding carboxylic acids is 3. The SMILES string of the molecule is C[C@@H]1Cc2c(ccc3[nH]ncc23)[C@@H](c2ccc(N3CCC4(CC3)CC(CN3CCN(c5ccc6c(c5)CN([C@H]5CCC(=O)NC5=O)C6=O)[C@@H](C)C3)C4)nc2)N1CC(F)(F)F. The number of nitrogens with one attached hydrogen (secondary N) is 2. The molecule has 2 aromatic carbocycles. The third kappa shape index (κ3) is 7.10. The van der Waals surface area contributed by atoms with Gasteiger partial charge in [0.2, 0.25) is 11.8 Å². The molecule has 2 aromatic heterocycles. The fourth-order valence-electron chi connectivity index (χ4n) is 11.6. The average Bonchev–Trinajstić information content (AvgIpc) is 3.82. The first-order valence-electron chi connectivity index (χ1n) is 21.6. The van der Waals surface area contributed by atoms with Crippen LogP contribution < -0.4 is 15.1 Å². The maximum atomic E-state index is 13.9. The first-order chi connectivity index (χ1) is 28.8. The van der Waals surface area contributed by atoms with E-state index in [1.54, 1.807) is 22.2 Å². The van der Waals surface area contributed by atoms with E-state index in [1.165, 1.54) is 12.8 Å². The van der Waals surface area contributed by atoms with E-state index in [1.807, 2.05) is 43.3 Å². The number of fused-ring (bicyclic) bond motifs is 4. The molecular weight excluding hydrogens is 772 g/mol. The van der Waals surface area contributed by atoms with Gasteiger partial charge in [0.05, 0.1) is 24.3 Å². The second kappa shape index (κ2) is 14.9. The molecular formula is C45H52F3N9O3. The monoisotopic (exact) mass is 823 g/mol. The van der Waals surface area contributed by atoms with E-state index in [9.17, 15) is 27.6 Å². The number of H-pyrrole nitrogens is 1. The molecule has 4 atom stereocenters. The fourth-order valence-corrected chi connectivity index (χ4v) is 11.6. The Labute approximate surface area is 347 Å². The van der Waals surface area contributed by atoms with Crippen LogP contribution >= 0.6 is 0 Å². The van der Waals surface area contributed by atoms with Crippen molar-refractivity contribution in [3.8, 4) is 0 Å². The second-order valence-electron chi connectivity index (χ2n) is 18.5. The van der Waals surface area contributed by atoms with Crippen LogP contribution in [0.3, 0.4) is 0 Å². The highest BCUT2D eigenvalue weighted by Crippen LogP contribution is 2.53. The number of amides is 3. The lowest BCUT2D eigenvalue weighted by atomic mass is 9.57. The minimum atomic E-state index is -4.32. The van der Waals surface area contributed by atoms with Crippen LogP contribution in [0.1, 0.15) is 91.0 Å². The number of piperidine rings is 2. The van der Waals surface area contributed by atoms with Gasteiger partial charge in [-0.3, -0.25) is 34.6 Å². The van der Waals surface area contributed by atoms with Gasteiger partial charge in [0.15, 0.2) is 0 Å². The summed E-state index contributed by atoms with van der Waals surface area (Å²) in [6, 6.07) is 12.7. The molecule has 6 aliphatic rings. The number of anilines is 2. The van der Waals surface area contributed by atoms with Crippen molar-refractivity contribution in [2.75, 3.05) is 55.6 Å². The Kier molecular flexibility index (Phi) is 9.69. The van der Waals surface area contributed by atoms with Crippen molar-refractivity contribution in [1.82, 2.24) is 35.2 Å². The Morgan fingerprint density at radius 3 is 2.47 bits per heavy atom. The number of alkyl halides is 3. The maximum Gasteiger partial charge on any atom is 0.401 e. The minimum absolute atomic E-state index is 0.145. The quantitative estimate of drug-likeness (QED) is 0.222. The lowest BCUT2D eigenvalue weighted by Crippen LogP contribution is -2.55. The molecule has 7 heterocycles. The third-order valence-corrected chi connectivity index (χ3v) is 14.6. The van der Waals surface area contributed by atoms with Gasteiger partial charge in [0.25, 0.3) is 5.91 Å². The van der Waals surface area contributed by atoms with Crippen LogP contribution in [0.25, 0.3) is 10.9 Å². The molecule has 5 aliphatic heterocycles. The second-order valence-corrected chi connectivity index (χ2v) is 18.5. The summed E-state index contributed by atoms with van der Waals surface area (Å²) in [6.45, 7) is 9.36. The number of benzene rings is 2. The number of rotatable bonds is 7. The van der Waals surface area contributed by atoms with E-state index < -0.39 is 24.8 Å². The zero-order chi connectivity index (χ0) is 41.5. The summed E-state index contributed by atoms with van der Waals surface area (Å²) in [6.07, 6.45) is 5.08. The molecule has 0 unspecified atom stereocenters. The molecule has 1 aliphatic carbocycles. The van der Waals surface area contributed by atoms with Crippen molar-refractivity contribution in [2.24, 2.45) is 11.3 Å². The lowest BCUT2D eigenvalue weighted by molar-refractivity contribution is -0.155. The van der Waals surface area contributed by atoms with E-state index in [2.05, 4.69) is 43.2 Å². The molecule has 2 N–H and O–H groups in total. The van der Waals surface area contributed by atoms with Gasteiger partial charge < -0.3 is 14.7 Å². The summed E-state index contributed by atoms with van der Waals surface area (Å²) in [7, 11) is 0. The van der Waals surface area contributed by atoms with Crippen molar-refractivity contribution >= 4 is 40.1 Å². The maximum absolute atomic E-state index is 13.9. The van der Waals surface area contributed by atoms with Crippen LogP contribution in [0.4, 0.5) is 24.7 Å². The Bertz CT molecular complexity index is 2320. The van der Waals surface area contributed by atoms with E-state index in [4.69, 9.17) is 4.98 Å². The standard InChI is InChI=1S/C45H52F3N9O3/c1-27-17-35-34(6-7-37-36(35)22-50-52-37)41(57(27)26-45(46,47)48)30-3-9-39(49-21-30)54-13-11-44(12-14-54)19-29(20-44)24-53-15-16-55(28(2)23-53)32-4-5-33-31(18-32)25-56(43(33)60)38-8-10-40(58)51-42(38)59/h3-7,9,18,21-22,27-29,38,41H,8,10-17,19-20,23-26H2,1-2H3,(H,50,52)(H,51,58,59)/t27-,28+,38+,41-/m1/s1. The van der Waals surface area contributed by atoms with Crippen LogP contribution in [0.5, 0.6) is 0 Å². The molecule has 10 rings (SSSR count). The molecule has 0 bridgehead atoms. The highest BCUT2D eigenvalue weighted by Gasteiger charge is 2.47. The number of hydrogen-bond acceptors (Lipinski definition) is 9. The van der Waals surface area contributed by atoms with Gasteiger partial charge >= 0.3 is 6.18 Å². The summed E-state index contributed by atoms with van der Waals surface area (Å²) >= 11 is 0. The van der Waals surface area contributed by atoms with Crippen molar-refractivity contribution in [3.63, 3.8) is 0 Å². The number of nitrogens with zero attached hydrogens (tertiary/aromatic N) is 7. The van der Waals surface area contributed by atoms with E-state index >= 15 is 0 Å². The van der Waals surface area contributed by atoms with Crippen molar-refractivity contribution in [3.05, 3.63) is 82.7 Å². The zero-order valence-electron chi connectivity index (χ0n) is 34.2. The van der Waals surface area contributed by atoms with E-state index in [-0.39, 0.29) is 30.2 Å². The molecule has 3 saturated heterocycles. The van der Waals surface area contributed by atoms with Crippen molar-refractivity contribution in [1.29, 1.82) is 0 Å². The lowest BCUT2D eigenvalue weighted by Gasteiger charge is -2.54. The molecule has 15 heteroatoms. The Hall–Kier alpha value is -5.02. The van der Waals surface area contributed by atoms with Crippen LogP contribution in [-0.4, -0.2) is 118 Å². The molecule has 3 amide bonds. The molecule has 316 valence electrons. The van der Waals surface area contributed by atoms with Crippen molar-refractivity contribution in [2.45, 2.75) is 95.7 Å². The number of halogens is 3. The van der Waals surface area contributed by atoms with Crippen LogP contribution in [0.15, 0.2) is 54.9 Å². The number of piperazine rings is 1. The van der Waals surface area contributed by atoms with Gasteiger partial charge in [-0.15, -0.1) is 0 Å². The minimum Gasteiger partial charge on any atom is -0.366 e. The highest BCUT2D eigenvalue weighted by molar-refractivity contribution is 6.05. The van der Waals surface area contributed by atoms with Gasteiger partial charge in [0, 0.05) is 87.2 Å². The van der Waals surface area contributed by atoms with Gasteiger partial charge in [-0.25, -0.2) is 4.98 Å². The van der Waals surface area contributed by atoms with Crippen molar-refractivity contribution < 1.29 is 27.6 Å². The van der Waals surface area contributed by atoms with Gasteiger partial charge in [-0.05, 0) is 116 Å². The normalized spacial score (nSPS) is 26.4. The Balaban J connectivity index is 0.725. The Morgan fingerprint density at radius 1 is 0.917 bits per heavy atom. The molecule has 60 heavy (non-hydrogen) atoms. The van der Waals surface area contributed by atoms with Crippen LogP contribution in [-0.2, 0) is 22.6 Å². The third-order valence-electron chi connectivity index (χ3n) is 14.6. The van der Waals surface area contributed by atoms with Gasteiger partial charge in [0.1, 0.15) is 11.9 Å². The smallest absolute Gasteiger partial charge is 0.366 e. The van der Waals surface area contributed by atoms with Crippen LogP contribution in [0, 0.1) is 11.3 Å². The molecule has 4 fully saturated rings. The number of imide groups is 1. The zero-order valence-corrected chi connectivity index (χ0v) is 34.2. The number of pyridine rings is 1. The summed E-state index contributed by atoms with van der Waals surface area (Å²) in [5.41, 5.74) is 6.65. The van der Waals surface area contributed by atoms with E-state index in [0.29, 0.717) is 42.3 Å². The molecule has 0 radical (unpaired) electrons. The number of aromatic amines is 1. The predicted octanol–water partition coefficient (Wildman–Crippen LogP) is 5.82. The summed E-state index contributed by atoms with van der Waals surface area (Å²) < 4.78 is 41.8. The molecule has 4 aromatic rings. The molecule has 1 saturated carbocycles. The predicted molar refractivity (Wildman–Crippen MR) is 220 cm³/mol. The summed E-state index contributed by atoms with van der Waals surface area (Å²) in [5, 5.41) is 10.6. The first-order valence-corrected chi connectivity index (χ1v) is 21.6. The largest absolute Gasteiger partial charge is 0.401 e. The van der Waals surface area contributed by atoms with Gasteiger partial charge in [-0.1, -0.05) is 12.1 Å². The molecule has 1 spiro atoms. The number of hydrogen-bond donors (Lipinski definition) is 2. The summed E-state index contributed by atoms with van der Waals surface area (Å²) in [4.78, 5) is 52.8. The Morgan fingerprint density at radius 2 is 1.73 bits per heavy atom. The number of carbonyl (C=O) groups is 3.